The Morgan fingerprint density at radius 2 is 1.82 bits per heavy atom. The monoisotopic (exact) mass is 358 g/mol. The van der Waals surface area contributed by atoms with Crippen LogP contribution in [0.15, 0.2) is 42.5 Å². The lowest BCUT2D eigenvalue weighted by Gasteiger charge is -2.09. The minimum Gasteiger partial charge on any atom is -0.399 e. The Kier molecular flexibility index (Phi) is 4.12. The molecule has 3 N–H and O–H groups in total. The Hall–Kier alpha value is -0.940. The summed E-state index contributed by atoms with van der Waals surface area (Å²) in [4.78, 5) is 0. The number of nitrogens with one attached hydrogen (secondary N) is 1. The maximum absolute atomic E-state index is 5.84. The van der Waals surface area contributed by atoms with Crippen LogP contribution in [0.4, 0.5) is 11.4 Å². The number of anilines is 2. The van der Waals surface area contributed by atoms with E-state index in [2.05, 4.69) is 27.9 Å². The van der Waals surface area contributed by atoms with Crippen LogP contribution in [0.5, 0.6) is 0 Å². The van der Waals surface area contributed by atoms with Crippen LogP contribution in [0.3, 0.4) is 0 Å². The van der Waals surface area contributed by atoms with Crippen LogP contribution in [0.1, 0.15) is 5.56 Å². The fourth-order valence-corrected chi connectivity index (χ4v) is 2.33. The summed E-state index contributed by atoms with van der Waals surface area (Å²) in [5.74, 6) is 0. The van der Waals surface area contributed by atoms with E-state index in [0.29, 0.717) is 0 Å². The second-order valence-electron chi connectivity index (χ2n) is 3.72. The second-order valence-corrected chi connectivity index (χ2v) is 5.32. The first-order valence-corrected chi connectivity index (χ1v) is 6.64. The smallest absolute Gasteiger partial charge is 0.0480 e. The molecule has 0 saturated carbocycles. The van der Waals surface area contributed by atoms with E-state index in [1.165, 1.54) is 5.56 Å². The van der Waals surface area contributed by atoms with Gasteiger partial charge in [-0.25, -0.2) is 0 Å². The predicted octanol–water partition coefficient (Wildman–Crippen LogP) is 4.14. The highest BCUT2D eigenvalue weighted by atomic mass is 127. The lowest BCUT2D eigenvalue weighted by molar-refractivity contribution is 1.15. The average molecular weight is 359 g/mol. The summed E-state index contributed by atoms with van der Waals surface area (Å²) < 4.78 is 1.12. The molecule has 0 aliphatic rings. The zero-order valence-electron chi connectivity index (χ0n) is 9.08. The quantitative estimate of drug-likeness (QED) is 0.639. The molecular weight excluding hydrogens is 347 g/mol. The summed E-state index contributed by atoms with van der Waals surface area (Å²) in [6.45, 7) is 0.775. The molecule has 0 heterocycles. The molecule has 4 heteroatoms. The molecule has 0 radical (unpaired) electrons. The van der Waals surface area contributed by atoms with Crippen molar-refractivity contribution in [2.75, 3.05) is 11.1 Å². The van der Waals surface area contributed by atoms with Crippen molar-refractivity contribution >= 4 is 45.6 Å². The van der Waals surface area contributed by atoms with E-state index in [9.17, 15) is 0 Å². The zero-order chi connectivity index (χ0) is 12.3. The Morgan fingerprint density at radius 1 is 1.12 bits per heavy atom. The Morgan fingerprint density at radius 3 is 2.47 bits per heavy atom. The second kappa shape index (κ2) is 5.60. The SMILES string of the molecule is Nc1ccc(NCc2ccc(Cl)cc2)c(I)c1. The molecule has 0 aliphatic carbocycles. The highest BCUT2D eigenvalue weighted by molar-refractivity contribution is 14.1. The first kappa shape index (κ1) is 12.5. The van der Waals surface area contributed by atoms with Crippen molar-refractivity contribution < 1.29 is 0 Å². The Balaban J connectivity index is 2.04. The third-order valence-electron chi connectivity index (χ3n) is 2.39. The van der Waals surface area contributed by atoms with Crippen molar-refractivity contribution in [1.29, 1.82) is 0 Å². The standard InChI is InChI=1S/C13H12ClIN2/c14-10-3-1-9(2-4-10)8-17-13-6-5-11(16)7-12(13)15/h1-7,17H,8,16H2. The van der Waals surface area contributed by atoms with Gasteiger partial charge in [0.2, 0.25) is 0 Å². The fraction of sp³-hybridized carbons (Fsp3) is 0.0769. The van der Waals surface area contributed by atoms with Gasteiger partial charge in [-0.3, -0.25) is 0 Å². The third-order valence-corrected chi connectivity index (χ3v) is 3.53. The van der Waals surface area contributed by atoms with Gasteiger partial charge in [-0.15, -0.1) is 0 Å². The number of hydrogen-bond donors (Lipinski definition) is 2. The Labute approximate surface area is 119 Å². The van der Waals surface area contributed by atoms with Gasteiger partial charge >= 0.3 is 0 Å². The summed E-state index contributed by atoms with van der Waals surface area (Å²) in [5.41, 5.74) is 8.78. The van der Waals surface area contributed by atoms with Gasteiger partial charge in [0.1, 0.15) is 0 Å². The number of rotatable bonds is 3. The normalized spacial score (nSPS) is 10.2. The Bertz CT molecular complexity index is 511. The highest BCUT2D eigenvalue weighted by Gasteiger charge is 2.00. The molecule has 0 unspecified atom stereocenters. The molecule has 0 aliphatic heterocycles. The van der Waals surface area contributed by atoms with E-state index in [4.69, 9.17) is 17.3 Å². The molecule has 88 valence electrons. The fourth-order valence-electron chi connectivity index (χ4n) is 1.47. The summed E-state index contributed by atoms with van der Waals surface area (Å²) >= 11 is 8.11. The van der Waals surface area contributed by atoms with Crippen LogP contribution < -0.4 is 11.1 Å². The van der Waals surface area contributed by atoms with E-state index >= 15 is 0 Å². The zero-order valence-corrected chi connectivity index (χ0v) is 12.0. The molecule has 2 nitrogen and oxygen atoms in total. The van der Waals surface area contributed by atoms with Crippen molar-refractivity contribution in [3.63, 3.8) is 0 Å². The van der Waals surface area contributed by atoms with Crippen LogP contribution >= 0.6 is 34.2 Å². The van der Waals surface area contributed by atoms with Crippen molar-refractivity contribution in [2.45, 2.75) is 6.54 Å². The topological polar surface area (TPSA) is 38.0 Å². The lowest BCUT2D eigenvalue weighted by Crippen LogP contribution is -2.01. The molecule has 0 aromatic heterocycles. The van der Waals surface area contributed by atoms with Crippen molar-refractivity contribution in [3.8, 4) is 0 Å². The van der Waals surface area contributed by atoms with Crippen LogP contribution in [-0.4, -0.2) is 0 Å². The van der Waals surface area contributed by atoms with Crippen LogP contribution in [-0.2, 0) is 6.54 Å². The molecular formula is C13H12ClIN2. The molecule has 0 amide bonds. The van der Waals surface area contributed by atoms with Gasteiger partial charge in [0, 0.05) is 26.5 Å². The first-order valence-electron chi connectivity index (χ1n) is 5.18. The summed E-state index contributed by atoms with van der Waals surface area (Å²) in [7, 11) is 0. The van der Waals surface area contributed by atoms with Crippen LogP contribution in [0, 0.1) is 3.57 Å². The third kappa shape index (κ3) is 3.51. The van der Waals surface area contributed by atoms with Gasteiger partial charge in [-0.05, 0) is 58.5 Å². The maximum atomic E-state index is 5.84. The minimum atomic E-state index is 0.760. The van der Waals surface area contributed by atoms with E-state index < -0.39 is 0 Å². The van der Waals surface area contributed by atoms with E-state index in [0.717, 1.165) is 26.5 Å². The number of nitrogen functional groups attached to an aromatic ring is 1. The van der Waals surface area contributed by atoms with Gasteiger partial charge in [0.25, 0.3) is 0 Å². The van der Waals surface area contributed by atoms with Gasteiger partial charge in [-0.2, -0.15) is 0 Å². The van der Waals surface area contributed by atoms with Crippen LogP contribution in [0.25, 0.3) is 0 Å². The van der Waals surface area contributed by atoms with Crippen molar-refractivity contribution in [3.05, 3.63) is 56.6 Å². The summed E-state index contributed by atoms with van der Waals surface area (Å²) in [5, 5.41) is 4.13. The maximum Gasteiger partial charge on any atom is 0.0480 e. The molecule has 17 heavy (non-hydrogen) atoms. The van der Waals surface area contributed by atoms with Crippen molar-refractivity contribution in [2.24, 2.45) is 0 Å². The number of nitrogens with two attached hydrogens (primary N) is 1. The minimum absolute atomic E-state index is 0.760. The predicted molar refractivity (Wildman–Crippen MR) is 82.4 cm³/mol. The highest BCUT2D eigenvalue weighted by Crippen LogP contribution is 2.21. The van der Waals surface area contributed by atoms with E-state index in [1.807, 2.05) is 42.5 Å². The van der Waals surface area contributed by atoms with E-state index in [-0.39, 0.29) is 0 Å². The van der Waals surface area contributed by atoms with Gasteiger partial charge in [-0.1, -0.05) is 23.7 Å². The van der Waals surface area contributed by atoms with Crippen molar-refractivity contribution in [1.82, 2.24) is 0 Å². The molecule has 0 atom stereocenters. The molecule has 0 fully saturated rings. The van der Waals surface area contributed by atoms with E-state index in [1.54, 1.807) is 0 Å². The molecule has 2 aromatic carbocycles. The number of halogens is 2. The number of benzene rings is 2. The van der Waals surface area contributed by atoms with Crippen LogP contribution in [0.2, 0.25) is 5.02 Å². The number of hydrogen-bond acceptors (Lipinski definition) is 2. The molecule has 0 bridgehead atoms. The summed E-state index contributed by atoms with van der Waals surface area (Å²) in [6, 6.07) is 13.7. The molecule has 0 spiro atoms. The van der Waals surface area contributed by atoms with Gasteiger partial charge in [0.05, 0.1) is 0 Å². The molecule has 2 aromatic rings. The first-order chi connectivity index (χ1) is 8.15. The van der Waals surface area contributed by atoms with Gasteiger partial charge in [0.15, 0.2) is 0 Å². The summed E-state index contributed by atoms with van der Waals surface area (Å²) in [6.07, 6.45) is 0. The lowest BCUT2D eigenvalue weighted by atomic mass is 10.2. The molecule has 0 saturated heterocycles. The average Bonchev–Trinajstić information content (AvgIpc) is 2.30. The largest absolute Gasteiger partial charge is 0.399 e. The molecule has 2 rings (SSSR count). The van der Waals surface area contributed by atoms with Gasteiger partial charge < -0.3 is 11.1 Å².